The second-order valence-corrected chi connectivity index (χ2v) is 6.02. The van der Waals surface area contributed by atoms with E-state index >= 15 is 0 Å². The van der Waals surface area contributed by atoms with Gasteiger partial charge in [-0.25, -0.2) is 0 Å². The Kier molecular flexibility index (Phi) is 5.61. The van der Waals surface area contributed by atoms with Gasteiger partial charge in [-0.2, -0.15) is 0 Å². The predicted molar refractivity (Wildman–Crippen MR) is 65.0 cm³/mol. The molecule has 0 radical (unpaired) electrons. The van der Waals surface area contributed by atoms with Crippen molar-refractivity contribution < 1.29 is 18.9 Å². The largest absolute Gasteiger partial charge is 0.481 e. The smallest absolute Gasteiger partial charge is 0.306 e. The van der Waals surface area contributed by atoms with Gasteiger partial charge in [0.2, 0.25) is 5.91 Å². The molecule has 5 nitrogen and oxygen atoms in total. The van der Waals surface area contributed by atoms with E-state index < -0.39 is 16.8 Å². The number of carboxylic acids is 1. The van der Waals surface area contributed by atoms with Gasteiger partial charge in [-0.3, -0.25) is 13.8 Å². The van der Waals surface area contributed by atoms with Crippen molar-refractivity contribution in [2.24, 2.45) is 11.8 Å². The number of carbonyl (C=O) groups excluding carboxylic acids is 1. The van der Waals surface area contributed by atoms with Crippen LogP contribution in [0.25, 0.3) is 0 Å². The number of aliphatic carboxylic acids is 1. The van der Waals surface area contributed by atoms with Crippen LogP contribution in [0.2, 0.25) is 0 Å². The average Bonchev–Trinajstić information content (AvgIpc) is 2.73. The molecular formula is C11H19NO4S. The van der Waals surface area contributed by atoms with Crippen molar-refractivity contribution >= 4 is 22.7 Å². The van der Waals surface area contributed by atoms with Gasteiger partial charge in [0, 0.05) is 35.3 Å². The van der Waals surface area contributed by atoms with Crippen LogP contribution in [-0.2, 0) is 20.4 Å². The van der Waals surface area contributed by atoms with Gasteiger partial charge >= 0.3 is 5.97 Å². The third-order valence-corrected chi connectivity index (χ3v) is 3.92. The summed E-state index contributed by atoms with van der Waals surface area (Å²) in [5, 5.41) is 11.6. The van der Waals surface area contributed by atoms with E-state index in [1.54, 1.807) is 6.26 Å². The molecule has 1 saturated carbocycles. The molecular weight excluding hydrogens is 242 g/mol. The summed E-state index contributed by atoms with van der Waals surface area (Å²) in [7, 11) is -0.823. The topological polar surface area (TPSA) is 83.5 Å². The van der Waals surface area contributed by atoms with Crippen molar-refractivity contribution in [3.05, 3.63) is 0 Å². The van der Waals surface area contributed by atoms with Crippen molar-refractivity contribution in [2.75, 3.05) is 18.6 Å². The summed E-state index contributed by atoms with van der Waals surface area (Å²) in [6.07, 6.45) is 4.02. The molecule has 98 valence electrons. The maximum atomic E-state index is 11.7. The molecule has 1 fully saturated rings. The first-order valence-electron chi connectivity index (χ1n) is 5.81. The number of hydrogen-bond donors (Lipinski definition) is 2. The monoisotopic (exact) mass is 261 g/mol. The van der Waals surface area contributed by atoms with Crippen LogP contribution in [0.15, 0.2) is 0 Å². The van der Waals surface area contributed by atoms with E-state index in [4.69, 9.17) is 5.11 Å². The van der Waals surface area contributed by atoms with E-state index in [-0.39, 0.29) is 17.7 Å². The average molecular weight is 261 g/mol. The van der Waals surface area contributed by atoms with Gasteiger partial charge in [0.15, 0.2) is 0 Å². The lowest BCUT2D eigenvalue weighted by Gasteiger charge is -2.10. The van der Waals surface area contributed by atoms with Crippen molar-refractivity contribution in [3.63, 3.8) is 0 Å². The Morgan fingerprint density at radius 2 is 2.00 bits per heavy atom. The first-order valence-corrected chi connectivity index (χ1v) is 7.54. The minimum atomic E-state index is -0.823. The molecule has 0 spiro atoms. The van der Waals surface area contributed by atoms with Gasteiger partial charge < -0.3 is 10.4 Å². The standard InChI is InChI=1S/C11H19NO4S/c1-17(16)6-2-5-12-10(13)8-3-4-9(7-8)11(14)15/h8-9H,2-7H2,1H3,(H,12,13)(H,14,15). The molecule has 0 aromatic rings. The first-order chi connectivity index (χ1) is 8.00. The Morgan fingerprint density at radius 3 is 2.53 bits per heavy atom. The summed E-state index contributed by atoms with van der Waals surface area (Å²) >= 11 is 0. The second-order valence-electron chi connectivity index (χ2n) is 4.47. The van der Waals surface area contributed by atoms with Crippen LogP contribution in [0, 0.1) is 11.8 Å². The van der Waals surface area contributed by atoms with E-state index in [1.807, 2.05) is 0 Å². The summed E-state index contributed by atoms with van der Waals surface area (Å²) in [5.41, 5.74) is 0. The fourth-order valence-corrected chi connectivity index (χ4v) is 2.63. The first kappa shape index (κ1) is 14.2. The highest BCUT2D eigenvalue weighted by molar-refractivity contribution is 7.84. The zero-order chi connectivity index (χ0) is 12.8. The molecule has 0 heterocycles. The molecule has 3 atom stereocenters. The highest BCUT2D eigenvalue weighted by Gasteiger charge is 2.33. The summed E-state index contributed by atoms with van der Waals surface area (Å²) in [4.78, 5) is 22.4. The van der Waals surface area contributed by atoms with Crippen LogP contribution >= 0.6 is 0 Å². The Bertz CT molecular complexity index is 319. The SMILES string of the molecule is CS(=O)CCCNC(=O)C1CCC(C(=O)O)C1. The summed E-state index contributed by atoms with van der Waals surface area (Å²) < 4.78 is 10.8. The molecule has 0 saturated heterocycles. The zero-order valence-corrected chi connectivity index (χ0v) is 10.8. The van der Waals surface area contributed by atoms with Gasteiger partial charge in [0.05, 0.1) is 5.92 Å². The lowest BCUT2D eigenvalue weighted by atomic mass is 10.0. The number of carbonyl (C=O) groups is 2. The number of rotatable bonds is 6. The molecule has 1 amide bonds. The number of amides is 1. The summed E-state index contributed by atoms with van der Waals surface area (Å²) in [6.45, 7) is 0.520. The Labute approximate surface area is 103 Å². The lowest BCUT2D eigenvalue weighted by Crippen LogP contribution is -2.31. The molecule has 1 aliphatic rings. The fourth-order valence-electron chi connectivity index (χ4n) is 2.08. The van der Waals surface area contributed by atoms with Gasteiger partial charge in [-0.1, -0.05) is 0 Å². The van der Waals surface area contributed by atoms with Crippen LogP contribution in [0.3, 0.4) is 0 Å². The van der Waals surface area contributed by atoms with Crippen LogP contribution in [0.5, 0.6) is 0 Å². The Balaban J connectivity index is 2.21. The van der Waals surface area contributed by atoms with E-state index in [2.05, 4.69) is 5.32 Å². The molecule has 1 rings (SSSR count). The number of carboxylic acid groups (broad SMARTS) is 1. The van der Waals surface area contributed by atoms with E-state index in [0.29, 0.717) is 38.0 Å². The molecule has 3 unspecified atom stereocenters. The van der Waals surface area contributed by atoms with Gasteiger partial charge in [-0.05, 0) is 25.7 Å². The number of hydrogen-bond acceptors (Lipinski definition) is 3. The van der Waals surface area contributed by atoms with Crippen LogP contribution in [-0.4, -0.2) is 39.7 Å². The van der Waals surface area contributed by atoms with Gasteiger partial charge in [-0.15, -0.1) is 0 Å². The van der Waals surface area contributed by atoms with Crippen LogP contribution in [0.4, 0.5) is 0 Å². The molecule has 17 heavy (non-hydrogen) atoms. The van der Waals surface area contributed by atoms with E-state index in [9.17, 15) is 13.8 Å². The van der Waals surface area contributed by atoms with Crippen molar-refractivity contribution in [3.8, 4) is 0 Å². The molecule has 0 aliphatic heterocycles. The van der Waals surface area contributed by atoms with Crippen LogP contribution in [0.1, 0.15) is 25.7 Å². The highest BCUT2D eigenvalue weighted by Crippen LogP contribution is 2.30. The normalized spacial score (nSPS) is 25.5. The molecule has 6 heteroatoms. The molecule has 0 bridgehead atoms. The van der Waals surface area contributed by atoms with Crippen molar-refractivity contribution in [1.82, 2.24) is 5.32 Å². The lowest BCUT2D eigenvalue weighted by molar-refractivity contribution is -0.141. The van der Waals surface area contributed by atoms with Gasteiger partial charge in [0.1, 0.15) is 0 Å². The van der Waals surface area contributed by atoms with Crippen molar-refractivity contribution in [2.45, 2.75) is 25.7 Å². The quantitative estimate of drug-likeness (QED) is 0.677. The third kappa shape index (κ3) is 4.85. The summed E-state index contributed by atoms with van der Waals surface area (Å²) in [6, 6.07) is 0. The minimum absolute atomic E-state index is 0.0596. The second kappa shape index (κ2) is 6.74. The molecule has 0 aromatic carbocycles. The molecule has 1 aliphatic carbocycles. The third-order valence-electron chi connectivity index (χ3n) is 3.06. The maximum absolute atomic E-state index is 11.7. The zero-order valence-electron chi connectivity index (χ0n) is 9.98. The molecule has 2 N–H and O–H groups in total. The van der Waals surface area contributed by atoms with Crippen molar-refractivity contribution in [1.29, 1.82) is 0 Å². The molecule has 0 aromatic heterocycles. The maximum Gasteiger partial charge on any atom is 0.306 e. The van der Waals surface area contributed by atoms with E-state index in [1.165, 1.54) is 0 Å². The minimum Gasteiger partial charge on any atom is -0.481 e. The Morgan fingerprint density at radius 1 is 1.35 bits per heavy atom. The number of nitrogens with one attached hydrogen (secondary N) is 1. The predicted octanol–water partition coefficient (Wildman–Crippen LogP) is 0.372. The van der Waals surface area contributed by atoms with Crippen LogP contribution < -0.4 is 5.32 Å². The Hall–Kier alpha value is -0.910. The van der Waals surface area contributed by atoms with E-state index in [0.717, 1.165) is 0 Å². The fraction of sp³-hybridized carbons (Fsp3) is 0.818. The van der Waals surface area contributed by atoms with Gasteiger partial charge in [0.25, 0.3) is 0 Å². The summed E-state index contributed by atoms with van der Waals surface area (Å²) in [5.74, 6) is -0.808. The highest BCUT2D eigenvalue weighted by atomic mass is 32.2.